The van der Waals surface area contributed by atoms with Crippen LogP contribution in [0.2, 0.25) is 0 Å². The summed E-state index contributed by atoms with van der Waals surface area (Å²) in [6, 6.07) is 16.5. The number of rotatable bonds is 7. The molecule has 2 amide bonds. The Morgan fingerprint density at radius 1 is 1.12 bits per heavy atom. The number of ether oxygens (including phenoxy) is 2. The molecule has 2 aromatic carbocycles. The predicted molar refractivity (Wildman–Crippen MR) is 126 cm³/mol. The largest absolute Gasteiger partial charge is 0.493 e. The van der Waals surface area contributed by atoms with Gasteiger partial charge in [-0.25, -0.2) is 4.79 Å². The van der Waals surface area contributed by atoms with Crippen molar-refractivity contribution in [1.29, 1.82) is 0 Å². The van der Waals surface area contributed by atoms with Crippen molar-refractivity contribution in [3.05, 3.63) is 83.3 Å². The third-order valence-corrected chi connectivity index (χ3v) is 5.14. The number of hydrogen-bond donors (Lipinski definition) is 2. The van der Waals surface area contributed by atoms with E-state index in [2.05, 4.69) is 5.32 Å². The lowest BCUT2D eigenvalue weighted by atomic mass is 10.1. The zero-order valence-electron chi connectivity index (χ0n) is 17.8. The lowest BCUT2D eigenvalue weighted by molar-refractivity contribution is -0.122. The Kier molecular flexibility index (Phi) is 6.42. The SMILES string of the molecule is COc1cc(C=C2C(=O)NC(=S)N(c3ccccc3)C2=O)ccc1OCc1ccc(C(=O)O)o1. The number of hydrogen-bond acceptors (Lipinski definition) is 7. The number of para-hydroxylation sites is 1. The molecule has 0 unspecified atom stereocenters. The maximum atomic E-state index is 13.1. The van der Waals surface area contributed by atoms with Gasteiger partial charge in [0.1, 0.15) is 17.9 Å². The zero-order chi connectivity index (χ0) is 24.2. The van der Waals surface area contributed by atoms with Crippen molar-refractivity contribution in [2.24, 2.45) is 0 Å². The van der Waals surface area contributed by atoms with E-state index in [4.69, 9.17) is 31.2 Å². The maximum Gasteiger partial charge on any atom is 0.371 e. The lowest BCUT2D eigenvalue weighted by Gasteiger charge is -2.28. The molecule has 0 radical (unpaired) electrons. The Labute approximate surface area is 199 Å². The molecule has 0 atom stereocenters. The standard InChI is InChI=1S/C24H18N2O7S/c1-31-20-12-14(7-9-18(20)32-13-16-8-10-19(33-16)23(29)30)11-17-21(27)25-24(34)26(22(17)28)15-5-3-2-4-6-15/h2-12H,13H2,1H3,(H,29,30)(H,25,27,34). The Balaban J connectivity index is 1.56. The Morgan fingerprint density at radius 3 is 2.56 bits per heavy atom. The van der Waals surface area contributed by atoms with Crippen LogP contribution in [-0.4, -0.2) is 35.1 Å². The first-order valence-corrected chi connectivity index (χ1v) is 10.4. The van der Waals surface area contributed by atoms with E-state index in [1.54, 1.807) is 42.5 Å². The first-order chi connectivity index (χ1) is 16.4. The van der Waals surface area contributed by atoms with Gasteiger partial charge in [-0.15, -0.1) is 0 Å². The number of anilines is 1. The molecule has 0 saturated carbocycles. The van der Waals surface area contributed by atoms with Gasteiger partial charge in [-0.2, -0.15) is 0 Å². The molecule has 3 aromatic rings. The molecule has 1 aliphatic heterocycles. The smallest absolute Gasteiger partial charge is 0.371 e. The summed E-state index contributed by atoms with van der Waals surface area (Å²) >= 11 is 5.19. The van der Waals surface area contributed by atoms with Gasteiger partial charge in [0, 0.05) is 0 Å². The number of nitrogens with one attached hydrogen (secondary N) is 1. The average Bonchev–Trinajstić information content (AvgIpc) is 3.31. The van der Waals surface area contributed by atoms with Crippen molar-refractivity contribution < 1.29 is 33.4 Å². The summed E-state index contributed by atoms with van der Waals surface area (Å²) in [5, 5.41) is 11.5. The molecule has 1 fully saturated rings. The summed E-state index contributed by atoms with van der Waals surface area (Å²) in [4.78, 5) is 37.8. The van der Waals surface area contributed by atoms with Gasteiger partial charge in [0.15, 0.2) is 16.6 Å². The maximum absolute atomic E-state index is 13.1. The van der Waals surface area contributed by atoms with Crippen LogP contribution in [0, 0.1) is 0 Å². The van der Waals surface area contributed by atoms with Crippen LogP contribution in [-0.2, 0) is 16.2 Å². The molecule has 10 heteroatoms. The second-order valence-electron chi connectivity index (χ2n) is 7.06. The second kappa shape index (κ2) is 9.59. The predicted octanol–water partition coefficient (Wildman–Crippen LogP) is 3.40. The van der Waals surface area contributed by atoms with Crippen LogP contribution in [0.4, 0.5) is 5.69 Å². The summed E-state index contributed by atoms with van der Waals surface area (Å²) < 4.78 is 16.2. The van der Waals surface area contributed by atoms with Crippen LogP contribution in [0.25, 0.3) is 6.08 Å². The fourth-order valence-corrected chi connectivity index (χ4v) is 3.53. The monoisotopic (exact) mass is 478 g/mol. The first-order valence-electron chi connectivity index (χ1n) is 9.96. The number of amides is 2. The van der Waals surface area contributed by atoms with Crippen LogP contribution < -0.4 is 19.7 Å². The number of nitrogens with zero attached hydrogens (tertiary/aromatic N) is 1. The number of carboxylic acid groups (broad SMARTS) is 1. The van der Waals surface area contributed by atoms with Gasteiger partial charge in [0.2, 0.25) is 5.76 Å². The molecule has 1 saturated heterocycles. The van der Waals surface area contributed by atoms with E-state index in [0.29, 0.717) is 28.5 Å². The van der Waals surface area contributed by atoms with Crippen molar-refractivity contribution in [2.75, 3.05) is 12.0 Å². The molecule has 2 N–H and O–H groups in total. The quantitative estimate of drug-likeness (QED) is 0.301. The number of benzene rings is 2. The molecular formula is C24H18N2O7S. The molecule has 1 aromatic heterocycles. The van der Waals surface area contributed by atoms with Crippen LogP contribution >= 0.6 is 12.2 Å². The number of furan rings is 1. The summed E-state index contributed by atoms with van der Waals surface area (Å²) in [7, 11) is 1.45. The van der Waals surface area contributed by atoms with Crippen molar-refractivity contribution in [3.8, 4) is 11.5 Å². The summed E-state index contributed by atoms with van der Waals surface area (Å²) in [6.45, 7) is -0.0194. The molecule has 9 nitrogen and oxygen atoms in total. The number of carbonyl (C=O) groups is 3. The number of thiocarbonyl (C=S) groups is 1. The molecular weight excluding hydrogens is 460 g/mol. The van der Waals surface area contributed by atoms with E-state index >= 15 is 0 Å². The fraction of sp³-hybridized carbons (Fsp3) is 0.0833. The van der Waals surface area contributed by atoms with E-state index in [9.17, 15) is 14.4 Å². The van der Waals surface area contributed by atoms with Gasteiger partial charge >= 0.3 is 5.97 Å². The highest BCUT2D eigenvalue weighted by atomic mass is 32.1. The van der Waals surface area contributed by atoms with Gasteiger partial charge < -0.3 is 19.0 Å². The lowest BCUT2D eigenvalue weighted by Crippen LogP contribution is -2.54. The first kappa shape index (κ1) is 22.7. The molecule has 34 heavy (non-hydrogen) atoms. The van der Waals surface area contributed by atoms with E-state index < -0.39 is 17.8 Å². The summed E-state index contributed by atoms with van der Waals surface area (Å²) in [5.74, 6) is -1.48. The summed E-state index contributed by atoms with van der Waals surface area (Å²) in [5.41, 5.74) is 0.966. The van der Waals surface area contributed by atoms with E-state index in [-0.39, 0.29) is 23.1 Å². The van der Waals surface area contributed by atoms with Gasteiger partial charge in [-0.05, 0) is 60.3 Å². The molecule has 0 aliphatic carbocycles. The minimum absolute atomic E-state index is 0.00339. The van der Waals surface area contributed by atoms with E-state index in [1.165, 1.54) is 30.2 Å². The number of methoxy groups -OCH3 is 1. The van der Waals surface area contributed by atoms with Crippen molar-refractivity contribution in [2.45, 2.75) is 6.61 Å². The topological polar surface area (TPSA) is 118 Å². The highest BCUT2D eigenvalue weighted by Gasteiger charge is 2.34. The minimum Gasteiger partial charge on any atom is -0.493 e. The van der Waals surface area contributed by atoms with Gasteiger partial charge in [-0.3, -0.25) is 19.8 Å². The van der Waals surface area contributed by atoms with Crippen LogP contribution in [0.3, 0.4) is 0 Å². The third-order valence-electron chi connectivity index (χ3n) is 4.86. The Hall–Kier alpha value is -4.44. The van der Waals surface area contributed by atoms with Crippen LogP contribution in [0.1, 0.15) is 21.9 Å². The number of carboxylic acids is 1. The molecule has 0 spiro atoms. The molecule has 4 rings (SSSR count). The normalized spacial score (nSPS) is 14.8. The zero-order valence-corrected chi connectivity index (χ0v) is 18.6. The highest BCUT2D eigenvalue weighted by Crippen LogP contribution is 2.30. The third kappa shape index (κ3) is 4.66. The van der Waals surface area contributed by atoms with Crippen molar-refractivity contribution in [1.82, 2.24) is 5.32 Å². The number of aromatic carboxylic acids is 1. The van der Waals surface area contributed by atoms with Gasteiger partial charge in [0.25, 0.3) is 11.8 Å². The van der Waals surface area contributed by atoms with Crippen molar-refractivity contribution >= 4 is 46.9 Å². The Morgan fingerprint density at radius 2 is 1.88 bits per heavy atom. The minimum atomic E-state index is -1.17. The van der Waals surface area contributed by atoms with E-state index in [0.717, 1.165) is 0 Å². The van der Waals surface area contributed by atoms with Gasteiger partial charge in [0.05, 0.1) is 12.8 Å². The highest BCUT2D eigenvalue weighted by molar-refractivity contribution is 7.80. The fourth-order valence-electron chi connectivity index (χ4n) is 3.25. The molecule has 1 aliphatic rings. The number of carbonyl (C=O) groups excluding carboxylic acids is 2. The average molecular weight is 478 g/mol. The molecule has 0 bridgehead atoms. The molecule has 172 valence electrons. The van der Waals surface area contributed by atoms with Crippen LogP contribution in [0.5, 0.6) is 11.5 Å². The van der Waals surface area contributed by atoms with Crippen LogP contribution in [0.15, 0.2) is 70.7 Å². The van der Waals surface area contributed by atoms with Crippen molar-refractivity contribution in [3.63, 3.8) is 0 Å². The summed E-state index contributed by atoms with van der Waals surface area (Å²) in [6.07, 6.45) is 1.44. The second-order valence-corrected chi connectivity index (χ2v) is 7.45. The molecule has 2 heterocycles. The van der Waals surface area contributed by atoms with E-state index in [1.807, 2.05) is 6.07 Å². The van der Waals surface area contributed by atoms with Gasteiger partial charge in [-0.1, -0.05) is 24.3 Å². The Bertz CT molecular complexity index is 1310.